The second-order valence-corrected chi connectivity index (χ2v) is 8.16. The van der Waals surface area contributed by atoms with Crippen LogP contribution in [0.15, 0.2) is 78.9 Å². The van der Waals surface area contributed by atoms with Gasteiger partial charge in [0, 0.05) is 30.5 Å². The summed E-state index contributed by atoms with van der Waals surface area (Å²) in [5, 5.41) is 0. The highest BCUT2D eigenvalue weighted by atomic mass is 15.2. The quantitative estimate of drug-likeness (QED) is 0.576. The number of fused-ring (bicyclic) bond motifs is 2. The van der Waals surface area contributed by atoms with Gasteiger partial charge in [0.25, 0.3) is 0 Å². The maximum Gasteiger partial charge on any atom is 0.0562 e. The molecule has 0 aliphatic carbocycles. The van der Waals surface area contributed by atoms with Crippen molar-refractivity contribution in [3.8, 4) is 0 Å². The number of rotatable bonds is 5. The van der Waals surface area contributed by atoms with Crippen molar-refractivity contribution in [1.29, 1.82) is 0 Å². The topological polar surface area (TPSA) is 6.48 Å². The zero-order chi connectivity index (χ0) is 18.9. The van der Waals surface area contributed by atoms with E-state index in [0.29, 0.717) is 12.1 Å². The maximum absolute atomic E-state index is 2.64. The van der Waals surface area contributed by atoms with Crippen molar-refractivity contribution < 1.29 is 0 Å². The Hall–Kier alpha value is -2.74. The summed E-state index contributed by atoms with van der Waals surface area (Å²) in [6, 6.07) is 29.9. The molecule has 142 valence electrons. The highest BCUT2D eigenvalue weighted by molar-refractivity contribution is 5.61. The molecule has 3 aromatic carbocycles. The molecule has 2 nitrogen and oxygen atoms in total. The summed E-state index contributed by atoms with van der Waals surface area (Å²) in [6.45, 7) is 4.65. The smallest absolute Gasteiger partial charge is 0.0562 e. The Kier molecular flexibility index (Phi) is 4.56. The second-order valence-electron chi connectivity index (χ2n) is 8.16. The molecule has 0 N–H and O–H groups in total. The van der Waals surface area contributed by atoms with Gasteiger partial charge < -0.3 is 9.80 Å². The Balaban J connectivity index is 1.45. The van der Waals surface area contributed by atoms with E-state index in [4.69, 9.17) is 0 Å². The van der Waals surface area contributed by atoms with Crippen LogP contribution < -0.4 is 9.80 Å². The molecule has 2 aliphatic rings. The van der Waals surface area contributed by atoms with Crippen LogP contribution in [0.5, 0.6) is 0 Å². The van der Waals surface area contributed by atoms with Crippen molar-refractivity contribution >= 4 is 11.4 Å². The van der Waals surface area contributed by atoms with Gasteiger partial charge in [0.1, 0.15) is 0 Å². The summed E-state index contributed by atoms with van der Waals surface area (Å²) < 4.78 is 0. The predicted molar refractivity (Wildman–Crippen MR) is 118 cm³/mol. The number of para-hydroxylation sites is 2. The average Bonchev–Trinajstić information content (AvgIpc) is 3.37. The van der Waals surface area contributed by atoms with Crippen LogP contribution in [-0.2, 0) is 12.8 Å². The Morgan fingerprint density at radius 3 is 1.89 bits per heavy atom. The molecule has 2 unspecified atom stereocenters. The van der Waals surface area contributed by atoms with Gasteiger partial charge in [0.15, 0.2) is 0 Å². The third kappa shape index (κ3) is 3.07. The van der Waals surface area contributed by atoms with E-state index in [2.05, 4.69) is 95.6 Å². The molecular formula is C26H28N2. The lowest BCUT2D eigenvalue weighted by Crippen LogP contribution is -2.37. The van der Waals surface area contributed by atoms with Crippen molar-refractivity contribution in [3.63, 3.8) is 0 Å². The lowest BCUT2D eigenvalue weighted by molar-refractivity contribution is 0.507. The first-order valence-corrected chi connectivity index (χ1v) is 10.6. The van der Waals surface area contributed by atoms with Gasteiger partial charge in [-0.1, -0.05) is 66.7 Å². The summed E-state index contributed by atoms with van der Waals surface area (Å²) in [5.41, 5.74) is 7.27. The molecule has 0 saturated heterocycles. The Morgan fingerprint density at radius 1 is 0.679 bits per heavy atom. The maximum atomic E-state index is 2.64. The standard InChI is InChI=1S/C26H28N2/c1-20(27-17-15-22-11-5-7-13-24(22)27)19-26(21-9-3-2-4-10-21)28-18-16-23-12-6-8-14-25(23)28/h2-14,20,26H,15-19H2,1H3. The van der Waals surface area contributed by atoms with Crippen molar-refractivity contribution in [2.75, 3.05) is 22.9 Å². The van der Waals surface area contributed by atoms with Gasteiger partial charge in [-0.05, 0) is 55.0 Å². The third-order valence-corrected chi connectivity index (χ3v) is 6.50. The molecule has 2 heteroatoms. The second kappa shape index (κ2) is 7.35. The van der Waals surface area contributed by atoms with Crippen LogP contribution >= 0.6 is 0 Å². The van der Waals surface area contributed by atoms with Gasteiger partial charge in [-0.15, -0.1) is 0 Å². The molecule has 0 radical (unpaired) electrons. The lowest BCUT2D eigenvalue weighted by atomic mass is 9.97. The number of anilines is 2. The van der Waals surface area contributed by atoms with E-state index in [0.717, 1.165) is 25.9 Å². The number of nitrogens with zero attached hydrogens (tertiary/aromatic N) is 2. The van der Waals surface area contributed by atoms with Gasteiger partial charge >= 0.3 is 0 Å². The Morgan fingerprint density at radius 2 is 1.21 bits per heavy atom. The first-order valence-electron chi connectivity index (χ1n) is 10.6. The SMILES string of the molecule is CC(CC(c1ccccc1)N1CCc2ccccc21)N1CCc2ccccc21. The lowest BCUT2D eigenvalue weighted by Gasteiger charge is -2.36. The van der Waals surface area contributed by atoms with E-state index in [1.54, 1.807) is 0 Å². The molecule has 0 spiro atoms. The minimum atomic E-state index is 0.410. The van der Waals surface area contributed by atoms with Crippen molar-refractivity contribution in [3.05, 3.63) is 95.6 Å². The van der Waals surface area contributed by atoms with E-state index in [1.807, 2.05) is 0 Å². The normalized spacial score (nSPS) is 17.3. The molecule has 5 rings (SSSR count). The number of hydrogen-bond acceptors (Lipinski definition) is 2. The number of hydrogen-bond donors (Lipinski definition) is 0. The fourth-order valence-corrected chi connectivity index (χ4v) is 5.08. The summed E-state index contributed by atoms with van der Waals surface area (Å²) in [5.74, 6) is 0. The Labute approximate surface area is 168 Å². The van der Waals surface area contributed by atoms with Crippen LogP contribution in [0.1, 0.15) is 36.1 Å². The van der Waals surface area contributed by atoms with Gasteiger partial charge in [0.2, 0.25) is 0 Å². The van der Waals surface area contributed by atoms with Gasteiger partial charge in [-0.25, -0.2) is 0 Å². The van der Waals surface area contributed by atoms with Crippen LogP contribution in [0.25, 0.3) is 0 Å². The van der Waals surface area contributed by atoms with E-state index in [-0.39, 0.29) is 0 Å². The minimum Gasteiger partial charge on any atom is -0.368 e. The van der Waals surface area contributed by atoms with Crippen LogP contribution in [-0.4, -0.2) is 19.1 Å². The molecule has 0 saturated carbocycles. The molecular weight excluding hydrogens is 340 g/mol. The molecule has 28 heavy (non-hydrogen) atoms. The highest BCUT2D eigenvalue weighted by Crippen LogP contribution is 2.39. The van der Waals surface area contributed by atoms with E-state index in [9.17, 15) is 0 Å². The summed E-state index contributed by atoms with van der Waals surface area (Å²) in [6.07, 6.45) is 3.45. The van der Waals surface area contributed by atoms with Crippen LogP contribution in [0.3, 0.4) is 0 Å². The van der Waals surface area contributed by atoms with Crippen LogP contribution in [0, 0.1) is 0 Å². The van der Waals surface area contributed by atoms with Crippen molar-refractivity contribution in [2.24, 2.45) is 0 Å². The van der Waals surface area contributed by atoms with E-state index < -0.39 is 0 Å². The zero-order valence-corrected chi connectivity index (χ0v) is 16.6. The monoisotopic (exact) mass is 368 g/mol. The van der Waals surface area contributed by atoms with Crippen LogP contribution in [0.2, 0.25) is 0 Å². The van der Waals surface area contributed by atoms with E-state index >= 15 is 0 Å². The summed E-state index contributed by atoms with van der Waals surface area (Å²) in [7, 11) is 0. The molecule has 0 aromatic heterocycles. The summed E-state index contributed by atoms with van der Waals surface area (Å²) >= 11 is 0. The third-order valence-electron chi connectivity index (χ3n) is 6.50. The minimum absolute atomic E-state index is 0.410. The van der Waals surface area contributed by atoms with Crippen LogP contribution in [0.4, 0.5) is 11.4 Å². The Bertz CT molecular complexity index is 949. The molecule has 0 bridgehead atoms. The molecule has 2 atom stereocenters. The summed E-state index contributed by atoms with van der Waals surface area (Å²) in [4.78, 5) is 5.26. The van der Waals surface area contributed by atoms with Crippen molar-refractivity contribution in [2.45, 2.75) is 38.3 Å². The van der Waals surface area contributed by atoms with Gasteiger partial charge in [-0.2, -0.15) is 0 Å². The predicted octanol–water partition coefficient (Wildman–Crippen LogP) is 5.63. The number of benzene rings is 3. The molecule has 2 aliphatic heterocycles. The first-order chi connectivity index (χ1) is 13.8. The zero-order valence-electron chi connectivity index (χ0n) is 16.6. The first kappa shape index (κ1) is 17.4. The fraction of sp³-hybridized carbons (Fsp3) is 0.308. The van der Waals surface area contributed by atoms with Crippen molar-refractivity contribution in [1.82, 2.24) is 0 Å². The molecule has 0 amide bonds. The largest absolute Gasteiger partial charge is 0.368 e. The fourth-order valence-electron chi connectivity index (χ4n) is 5.08. The highest BCUT2D eigenvalue weighted by Gasteiger charge is 2.31. The van der Waals surface area contributed by atoms with Gasteiger partial charge in [-0.3, -0.25) is 0 Å². The molecule has 0 fully saturated rings. The average molecular weight is 369 g/mol. The molecule has 3 aromatic rings. The van der Waals surface area contributed by atoms with E-state index in [1.165, 1.54) is 34.5 Å². The molecule has 2 heterocycles. The van der Waals surface area contributed by atoms with Gasteiger partial charge in [0.05, 0.1) is 6.04 Å².